The summed E-state index contributed by atoms with van der Waals surface area (Å²) in [5, 5.41) is 12.8. The topological polar surface area (TPSA) is 103 Å². The molecule has 9 nitrogen and oxygen atoms in total. The van der Waals surface area contributed by atoms with Crippen LogP contribution in [0.15, 0.2) is 55.0 Å². The van der Waals surface area contributed by atoms with Gasteiger partial charge in [0.25, 0.3) is 0 Å². The lowest BCUT2D eigenvalue weighted by Crippen LogP contribution is -2.20. The van der Waals surface area contributed by atoms with Gasteiger partial charge in [-0.2, -0.15) is 5.10 Å². The van der Waals surface area contributed by atoms with Crippen LogP contribution in [0.5, 0.6) is 0 Å². The fraction of sp³-hybridized carbons (Fsp3) is 0.214. The molecule has 5 aromatic heterocycles. The highest BCUT2D eigenvalue weighted by molar-refractivity contribution is 6.00. The van der Waals surface area contributed by atoms with Crippen molar-refractivity contribution in [3.05, 3.63) is 66.6 Å². The second-order valence-electron chi connectivity index (χ2n) is 9.70. The van der Waals surface area contributed by atoms with Gasteiger partial charge in [-0.05, 0) is 68.5 Å². The van der Waals surface area contributed by atoms with E-state index in [1.165, 1.54) is 6.07 Å². The zero-order chi connectivity index (χ0) is 26.4. The highest BCUT2D eigenvalue weighted by Gasteiger charge is 2.17. The maximum Gasteiger partial charge on any atom is 0.138 e. The molecule has 192 valence electrons. The van der Waals surface area contributed by atoms with Crippen LogP contribution in [0.3, 0.4) is 0 Å². The van der Waals surface area contributed by atoms with E-state index in [0.717, 1.165) is 74.8 Å². The third-order valence-corrected chi connectivity index (χ3v) is 6.81. The van der Waals surface area contributed by atoms with Gasteiger partial charge in [-0.1, -0.05) is 0 Å². The predicted octanol–water partition coefficient (Wildman–Crippen LogP) is 4.99. The summed E-state index contributed by atoms with van der Waals surface area (Å²) in [6, 6.07) is 11.0. The van der Waals surface area contributed by atoms with Crippen LogP contribution in [0.4, 0.5) is 10.1 Å². The number of fused-ring (bicyclic) bond motifs is 2. The van der Waals surface area contributed by atoms with Crippen LogP contribution in [0.2, 0.25) is 0 Å². The Balaban J connectivity index is 1.41. The Morgan fingerprint density at radius 1 is 1.03 bits per heavy atom. The van der Waals surface area contributed by atoms with Crippen LogP contribution in [-0.2, 0) is 7.05 Å². The number of nitrogens with one attached hydrogen (secondary N) is 3. The number of imidazole rings is 1. The molecule has 10 heteroatoms. The molecular formula is C28H28FN9. The normalized spacial score (nSPS) is 11.7. The molecule has 0 aliphatic heterocycles. The number of likely N-dealkylation sites (N-methyl/N-ethyl adjacent to an activating group) is 1. The standard InChI is InChI=1S/C28H28FN9/c1-16-32-15-26(38(16)4)23-13-22-25(14-33-23)35-36-27(22)24-12-21-20(5-6-31-28(21)34-24)17-9-18(29)11-19(10-17)30-7-8-37(2)3/h5-6,9-15,30H,7-8H2,1-4H3,(H,31,34)(H,35,36). The molecule has 1 aromatic carbocycles. The molecule has 0 saturated carbocycles. The zero-order valence-electron chi connectivity index (χ0n) is 21.7. The van der Waals surface area contributed by atoms with Crippen molar-refractivity contribution in [2.24, 2.45) is 7.05 Å². The van der Waals surface area contributed by atoms with E-state index in [2.05, 4.69) is 40.3 Å². The summed E-state index contributed by atoms with van der Waals surface area (Å²) in [6.07, 6.45) is 5.34. The summed E-state index contributed by atoms with van der Waals surface area (Å²) in [5.41, 5.74) is 7.25. The third-order valence-electron chi connectivity index (χ3n) is 6.81. The number of anilines is 1. The van der Waals surface area contributed by atoms with Gasteiger partial charge in [0.05, 0.1) is 35.0 Å². The van der Waals surface area contributed by atoms with E-state index in [1.807, 2.05) is 63.1 Å². The van der Waals surface area contributed by atoms with E-state index in [4.69, 9.17) is 0 Å². The largest absolute Gasteiger partial charge is 0.384 e. The number of hydrogen-bond acceptors (Lipinski definition) is 6. The van der Waals surface area contributed by atoms with Crippen molar-refractivity contribution >= 4 is 27.6 Å². The van der Waals surface area contributed by atoms with E-state index in [9.17, 15) is 4.39 Å². The van der Waals surface area contributed by atoms with Crippen molar-refractivity contribution in [3.63, 3.8) is 0 Å². The van der Waals surface area contributed by atoms with Gasteiger partial charge < -0.3 is 19.8 Å². The van der Waals surface area contributed by atoms with Crippen LogP contribution in [0, 0.1) is 12.7 Å². The summed E-state index contributed by atoms with van der Waals surface area (Å²) >= 11 is 0. The monoisotopic (exact) mass is 509 g/mol. The number of pyridine rings is 2. The van der Waals surface area contributed by atoms with E-state index in [-0.39, 0.29) is 5.82 Å². The number of benzene rings is 1. The third kappa shape index (κ3) is 4.28. The lowest BCUT2D eigenvalue weighted by molar-refractivity contribution is 0.425. The summed E-state index contributed by atoms with van der Waals surface area (Å²) in [4.78, 5) is 19.0. The fourth-order valence-corrected chi connectivity index (χ4v) is 4.68. The Kier molecular flexibility index (Phi) is 5.88. The molecule has 5 heterocycles. The maximum atomic E-state index is 14.6. The molecule has 6 rings (SSSR count). The molecule has 0 aliphatic carbocycles. The van der Waals surface area contributed by atoms with E-state index >= 15 is 0 Å². The number of H-pyrrole nitrogens is 2. The first-order chi connectivity index (χ1) is 18.4. The van der Waals surface area contributed by atoms with Crippen LogP contribution < -0.4 is 5.32 Å². The Morgan fingerprint density at radius 2 is 1.89 bits per heavy atom. The van der Waals surface area contributed by atoms with Crippen molar-refractivity contribution < 1.29 is 4.39 Å². The first kappa shape index (κ1) is 23.8. The summed E-state index contributed by atoms with van der Waals surface area (Å²) in [5.74, 6) is 0.622. The zero-order valence-corrected chi connectivity index (χ0v) is 21.7. The minimum absolute atomic E-state index is 0.292. The van der Waals surface area contributed by atoms with Crippen LogP contribution in [0.25, 0.3) is 55.8 Å². The first-order valence-corrected chi connectivity index (χ1v) is 12.4. The molecule has 0 radical (unpaired) electrons. The van der Waals surface area contributed by atoms with Gasteiger partial charge in [-0.15, -0.1) is 0 Å². The number of aromatic nitrogens is 7. The number of halogens is 1. The Bertz CT molecular complexity index is 1780. The fourth-order valence-electron chi connectivity index (χ4n) is 4.68. The van der Waals surface area contributed by atoms with Crippen LogP contribution in [-0.4, -0.2) is 66.8 Å². The Morgan fingerprint density at radius 3 is 2.68 bits per heavy atom. The van der Waals surface area contributed by atoms with Gasteiger partial charge in [0.15, 0.2) is 0 Å². The molecule has 0 fully saturated rings. The van der Waals surface area contributed by atoms with Crippen molar-refractivity contribution in [2.75, 3.05) is 32.5 Å². The number of hydrogen-bond donors (Lipinski definition) is 3. The average molecular weight is 510 g/mol. The average Bonchev–Trinajstić information content (AvgIpc) is 3.59. The van der Waals surface area contributed by atoms with Gasteiger partial charge in [-0.3, -0.25) is 10.1 Å². The minimum Gasteiger partial charge on any atom is -0.384 e. The summed E-state index contributed by atoms with van der Waals surface area (Å²) < 4.78 is 16.6. The van der Waals surface area contributed by atoms with Crippen molar-refractivity contribution in [1.29, 1.82) is 0 Å². The van der Waals surface area contributed by atoms with Crippen molar-refractivity contribution in [3.8, 4) is 33.9 Å². The van der Waals surface area contributed by atoms with Gasteiger partial charge >= 0.3 is 0 Å². The molecule has 0 amide bonds. The highest BCUT2D eigenvalue weighted by Crippen LogP contribution is 2.35. The highest BCUT2D eigenvalue weighted by atomic mass is 19.1. The molecule has 0 atom stereocenters. The lowest BCUT2D eigenvalue weighted by Gasteiger charge is -2.13. The Hall–Kier alpha value is -4.57. The van der Waals surface area contributed by atoms with Crippen molar-refractivity contribution in [2.45, 2.75) is 6.92 Å². The maximum absolute atomic E-state index is 14.6. The molecule has 0 unspecified atom stereocenters. The molecule has 0 bridgehead atoms. The number of nitrogens with zero attached hydrogens (tertiary/aromatic N) is 6. The molecule has 6 aromatic rings. The summed E-state index contributed by atoms with van der Waals surface area (Å²) in [6.45, 7) is 3.53. The van der Waals surface area contributed by atoms with E-state index in [1.54, 1.807) is 18.5 Å². The van der Waals surface area contributed by atoms with Crippen LogP contribution in [0.1, 0.15) is 5.82 Å². The molecule has 0 saturated heterocycles. The number of rotatable bonds is 7. The van der Waals surface area contributed by atoms with Crippen molar-refractivity contribution in [1.82, 2.24) is 39.6 Å². The predicted molar refractivity (Wildman–Crippen MR) is 148 cm³/mol. The SMILES string of the molecule is Cc1ncc(-c2cc3c(-c4cc5c(-c6cc(F)cc(NCCN(C)C)c6)ccnc5[nH]4)n[nH]c3cn2)n1C. The second-order valence-corrected chi connectivity index (χ2v) is 9.70. The molecular weight excluding hydrogens is 481 g/mol. The first-order valence-electron chi connectivity index (χ1n) is 12.4. The smallest absolute Gasteiger partial charge is 0.138 e. The molecule has 0 spiro atoms. The van der Waals surface area contributed by atoms with Gasteiger partial charge in [-0.25, -0.2) is 14.4 Å². The Labute approximate surface area is 218 Å². The molecule has 38 heavy (non-hydrogen) atoms. The number of aryl methyl sites for hydroxylation is 1. The number of aromatic amines is 2. The lowest BCUT2D eigenvalue weighted by atomic mass is 10.0. The second kappa shape index (κ2) is 9.38. The quantitative estimate of drug-likeness (QED) is 0.280. The van der Waals surface area contributed by atoms with Crippen LogP contribution >= 0.6 is 0 Å². The minimum atomic E-state index is -0.292. The van der Waals surface area contributed by atoms with Gasteiger partial charge in [0.1, 0.15) is 23.0 Å². The van der Waals surface area contributed by atoms with Gasteiger partial charge in [0.2, 0.25) is 0 Å². The molecule has 0 aliphatic rings. The molecule has 3 N–H and O–H groups in total. The van der Waals surface area contributed by atoms with E-state index in [0.29, 0.717) is 5.65 Å². The van der Waals surface area contributed by atoms with Gasteiger partial charge in [0, 0.05) is 42.8 Å². The van der Waals surface area contributed by atoms with E-state index < -0.39 is 0 Å². The summed E-state index contributed by atoms with van der Waals surface area (Å²) in [7, 11) is 5.99.